The minimum atomic E-state index is -0.313. The number of rotatable bonds is 2. The second-order valence-electron chi connectivity index (χ2n) is 4.37. The van der Waals surface area contributed by atoms with Gasteiger partial charge in [0.25, 0.3) is 0 Å². The van der Waals surface area contributed by atoms with Crippen LogP contribution in [0.4, 0.5) is 10.2 Å². The molecule has 0 amide bonds. The van der Waals surface area contributed by atoms with Crippen LogP contribution in [-0.4, -0.2) is 4.98 Å². The third kappa shape index (κ3) is 2.29. The first-order valence-corrected chi connectivity index (χ1v) is 7.55. The van der Waals surface area contributed by atoms with E-state index in [1.165, 1.54) is 16.5 Å². The average molecular weight is 327 g/mol. The van der Waals surface area contributed by atoms with E-state index in [4.69, 9.17) is 0 Å². The Labute approximate surface area is 117 Å². The van der Waals surface area contributed by atoms with Gasteiger partial charge in [0.05, 0.1) is 6.04 Å². The number of hydrogen-bond donors (Lipinski definition) is 1. The lowest BCUT2D eigenvalue weighted by Crippen LogP contribution is -2.17. The van der Waals surface area contributed by atoms with E-state index in [-0.39, 0.29) is 11.9 Å². The van der Waals surface area contributed by atoms with Crippen LogP contribution in [0.1, 0.15) is 29.3 Å². The predicted octanol–water partition coefficient (Wildman–Crippen LogP) is 4.53. The zero-order chi connectivity index (χ0) is 12.5. The summed E-state index contributed by atoms with van der Waals surface area (Å²) >= 11 is 5.00. The van der Waals surface area contributed by atoms with Crippen LogP contribution in [0.5, 0.6) is 0 Å². The van der Waals surface area contributed by atoms with Crippen LogP contribution >= 0.6 is 27.3 Å². The van der Waals surface area contributed by atoms with Crippen molar-refractivity contribution < 1.29 is 4.39 Å². The first kappa shape index (κ1) is 12.1. The Morgan fingerprint density at radius 1 is 1.50 bits per heavy atom. The van der Waals surface area contributed by atoms with Crippen LogP contribution in [-0.2, 0) is 6.42 Å². The standard InChI is InChI=1S/C13H12BrFN2S/c14-8-6-10(15)13(16-7-8)17-11-2-1-3-12-9(11)4-5-18-12/h4-7,11H,1-3H2,(H,16,17). The molecule has 0 aromatic carbocycles. The molecule has 1 unspecified atom stereocenters. The van der Waals surface area contributed by atoms with Crippen molar-refractivity contribution in [2.24, 2.45) is 0 Å². The Bertz CT molecular complexity index is 570. The molecule has 1 atom stereocenters. The Morgan fingerprint density at radius 3 is 3.22 bits per heavy atom. The van der Waals surface area contributed by atoms with E-state index in [1.807, 2.05) is 0 Å². The van der Waals surface area contributed by atoms with Gasteiger partial charge in [0.15, 0.2) is 11.6 Å². The number of pyridine rings is 1. The zero-order valence-corrected chi connectivity index (χ0v) is 12.0. The van der Waals surface area contributed by atoms with Crippen LogP contribution in [0.3, 0.4) is 0 Å². The highest BCUT2D eigenvalue weighted by Gasteiger charge is 2.22. The highest BCUT2D eigenvalue weighted by molar-refractivity contribution is 9.10. The maximum Gasteiger partial charge on any atom is 0.166 e. The fraction of sp³-hybridized carbons (Fsp3) is 0.308. The van der Waals surface area contributed by atoms with Crippen LogP contribution in [0.15, 0.2) is 28.2 Å². The topological polar surface area (TPSA) is 24.9 Å². The molecule has 1 aliphatic rings. The smallest absolute Gasteiger partial charge is 0.166 e. The van der Waals surface area contributed by atoms with Crippen LogP contribution in [0.25, 0.3) is 0 Å². The van der Waals surface area contributed by atoms with Gasteiger partial charge in [-0.3, -0.25) is 0 Å². The van der Waals surface area contributed by atoms with Crippen molar-refractivity contribution in [3.05, 3.63) is 44.4 Å². The lowest BCUT2D eigenvalue weighted by atomic mass is 9.94. The van der Waals surface area contributed by atoms with E-state index in [2.05, 4.69) is 37.7 Å². The molecule has 0 bridgehead atoms. The fourth-order valence-corrected chi connectivity index (χ4v) is 3.61. The second kappa shape index (κ2) is 4.97. The summed E-state index contributed by atoms with van der Waals surface area (Å²) in [6.07, 6.45) is 4.93. The molecule has 3 rings (SSSR count). The Morgan fingerprint density at radius 2 is 2.39 bits per heavy atom. The van der Waals surface area contributed by atoms with Gasteiger partial charge in [-0.15, -0.1) is 11.3 Å². The summed E-state index contributed by atoms with van der Waals surface area (Å²) < 4.78 is 14.4. The molecule has 2 aromatic heterocycles. The van der Waals surface area contributed by atoms with Crippen molar-refractivity contribution in [2.45, 2.75) is 25.3 Å². The van der Waals surface area contributed by atoms with E-state index >= 15 is 0 Å². The van der Waals surface area contributed by atoms with Gasteiger partial charge in [-0.1, -0.05) is 0 Å². The maximum atomic E-state index is 13.8. The summed E-state index contributed by atoms with van der Waals surface area (Å²) in [5.74, 6) is 0.0222. The lowest BCUT2D eigenvalue weighted by molar-refractivity contribution is 0.586. The van der Waals surface area contributed by atoms with Gasteiger partial charge in [0.1, 0.15) is 0 Å². The van der Waals surface area contributed by atoms with Crippen LogP contribution < -0.4 is 5.32 Å². The molecule has 94 valence electrons. The summed E-state index contributed by atoms with van der Waals surface area (Å²) in [5, 5.41) is 5.33. The molecule has 1 N–H and O–H groups in total. The molecular formula is C13H12BrFN2S. The molecule has 0 fully saturated rings. The van der Waals surface area contributed by atoms with Gasteiger partial charge < -0.3 is 5.32 Å². The second-order valence-corrected chi connectivity index (χ2v) is 6.29. The number of aromatic nitrogens is 1. The number of anilines is 1. The molecule has 0 saturated heterocycles. The number of nitrogens with zero attached hydrogens (tertiary/aromatic N) is 1. The highest BCUT2D eigenvalue weighted by Crippen LogP contribution is 2.35. The number of aryl methyl sites for hydroxylation is 1. The highest BCUT2D eigenvalue weighted by atomic mass is 79.9. The number of thiophene rings is 1. The molecule has 2 nitrogen and oxygen atoms in total. The van der Waals surface area contributed by atoms with Gasteiger partial charge >= 0.3 is 0 Å². The van der Waals surface area contributed by atoms with Crippen molar-refractivity contribution in [3.63, 3.8) is 0 Å². The fourth-order valence-electron chi connectivity index (χ4n) is 2.32. The number of nitrogens with one attached hydrogen (secondary N) is 1. The zero-order valence-electron chi connectivity index (χ0n) is 9.62. The summed E-state index contributed by atoms with van der Waals surface area (Å²) in [7, 11) is 0. The van der Waals surface area contributed by atoms with E-state index in [0.29, 0.717) is 10.3 Å². The summed E-state index contributed by atoms with van der Waals surface area (Å²) in [6, 6.07) is 3.75. The molecule has 5 heteroatoms. The van der Waals surface area contributed by atoms with E-state index in [9.17, 15) is 4.39 Å². The number of hydrogen-bond acceptors (Lipinski definition) is 3. The van der Waals surface area contributed by atoms with Crippen molar-refractivity contribution in [2.75, 3.05) is 5.32 Å². The molecule has 0 radical (unpaired) electrons. The van der Waals surface area contributed by atoms with Gasteiger partial charge in [0, 0.05) is 15.5 Å². The molecule has 0 saturated carbocycles. The Balaban J connectivity index is 1.86. The monoisotopic (exact) mass is 326 g/mol. The third-order valence-corrected chi connectivity index (χ3v) is 4.60. The number of fused-ring (bicyclic) bond motifs is 1. The molecule has 0 spiro atoms. The van der Waals surface area contributed by atoms with E-state index in [0.717, 1.165) is 19.3 Å². The Kier molecular flexibility index (Phi) is 3.35. The van der Waals surface area contributed by atoms with Crippen LogP contribution in [0.2, 0.25) is 0 Å². The molecule has 18 heavy (non-hydrogen) atoms. The summed E-state index contributed by atoms with van der Waals surface area (Å²) in [6.45, 7) is 0. The first-order valence-electron chi connectivity index (χ1n) is 5.88. The van der Waals surface area contributed by atoms with Gasteiger partial charge in [0.2, 0.25) is 0 Å². The van der Waals surface area contributed by atoms with Crippen LogP contribution in [0, 0.1) is 5.82 Å². The third-order valence-electron chi connectivity index (χ3n) is 3.17. The van der Waals surface area contributed by atoms with Gasteiger partial charge in [-0.2, -0.15) is 0 Å². The molecule has 2 heterocycles. The molecular weight excluding hydrogens is 315 g/mol. The molecule has 1 aliphatic carbocycles. The van der Waals surface area contributed by atoms with E-state index in [1.54, 1.807) is 17.5 Å². The Hall–Kier alpha value is -0.940. The van der Waals surface area contributed by atoms with E-state index < -0.39 is 0 Å². The quantitative estimate of drug-likeness (QED) is 0.876. The lowest BCUT2D eigenvalue weighted by Gasteiger charge is -2.24. The maximum absolute atomic E-state index is 13.8. The SMILES string of the molecule is Fc1cc(Br)cnc1NC1CCCc2sccc21. The average Bonchev–Trinajstić information content (AvgIpc) is 2.82. The normalized spacial score (nSPS) is 18.4. The van der Waals surface area contributed by atoms with Crippen molar-refractivity contribution in [1.29, 1.82) is 0 Å². The summed E-state index contributed by atoms with van der Waals surface area (Å²) in [5.41, 5.74) is 1.30. The van der Waals surface area contributed by atoms with Gasteiger partial charge in [-0.25, -0.2) is 9.37 Å². The largest absolute Gasteiger partial charge is 0.361 e. The molecule has 0 aliphatic heterocycles. The summed E-state index contributed by atoms with van der Waals surface area (Å²) in [4.78, 5) is 5.51. The number of halogens is 2. The molecule has 2 aromatic rings. The minimum Gasteiger partial charge on any atom is -0.361 e. The van der Waals surface area contributed by atoms with Crippen molar-refractivity contribution in [1.82, 2.24) is 4.98 Å². The van der Waals surface area contributed by atoms with Crippen molar-refractivity contribution in [3.8, 4) is 0 Å². The van der Waals surface area contributed by atoms with Gasteiger partial charge in [-0.05, 0) is 58.3 Å². The first-order chi connectivity index (χ1) is 8.74. The predicted molar refractivity (Wildman–Crippen MR) is 75.5 cm³/mol. The van der Waals surface area contributed by atoms with Crippen molar-refractivity contribution >= 4 is 33.1 Å². The minimum absolute atomic E-state index is 0.183.